The Morgan fingerprint density at radius 1 is 1.07 bits per heavy atom. The van der Waals surface area contributed by atoms with Gasteiger partial charge in [-0.3, -0.25) is 4.57 Å². The number of allylic oxidation sites excluding steroid dienone is 2. The summed E-state index contributed by atoms with van der Waals surface area (Å²) in [4.78, 5) is 5.75. The molecule has 0 saturated carbocycles. The second-order valence-electron chi connectivity index (χ2n) is 7.26. The van der Waals surface area contributed by atoms with Crippen LogP contribution < -0.4 is 5.32 Å². The summed E-state index contributed by atoms with van der Waals surface area (Å²) in [6, 6.07) is 5.19. The summed E-state index contributed by atoms with van der Waals surface area (Å²) in [7, 11) is 1.74. The minimum atomic E-state index is -1.71. The van der Waals surface area contributed by atoms with Crippen LogP contribution in [0.5, 0.6) is 11.8 Å². The van der Waals surface area contributed by atoms with Crippen LogP contribution in [-0.2, 0) is 10.3 Å². The Balaban J connectivity index is 1.80. The Hall–Kier alpha value is -1.44. The molecule has 0 spiro atoms. The van der Waals surface area contributed by atoms with Crippen molar-refractivity contribution in [1.82, 2.24) is 14.5 Å². The maximum absolute atomic E-state index is 11.1. The van der Waals surface area contributed by atoms with E-state index in [4.69, 9.17) is 58.0 Å². The topological polar surface area (TPSA) is 86.1 Å². The molecular formula is C18H13Cl5N4O2. The van der Waals surface area contributed by atoms with Crippen molar-refractivity contribution in [2.45, 2.75) is 21.5 Å². The summed E-state index contributed by atoms with van der Waals surface area (Å²) in [5.41, 5.74) is 0.955. The number of halogens is 5. The van der Waals surface area contributed by atoms with Crippen molar-refractivity contribution in [3.63, 3.8) is 0 Å². The van der Waals surface area contributed by atoms with Gasteiger partial charge >= 0.3 is 0 Å². The molecule has 2 aromatic heterocycles. The van der Waals surface area contributed by atoms with Crippen molar-refractivity contribution >= 4 is 75.0 Å². The molecule has 6 nitrogen and oxygen atoms in total. The first kappa shape index (κ1) is 19.5. The van der Waals surface area contributed by atoms with Gasteiger partial charge in [0.15, 0.2) is 4.33 Å². The Kier molecular flexibility index (Phi) is 3.78. The number of hydrogen-bond acceptors (Lipinski definition) is 4. The van der Waals surface area contributed by atoms with Gasteiger partial charge in [0.05, 0.1) is 32.7 Å². The number of alkyl halides is 3. The number of H-pyrrole nitrogens is 1. The lowest BCUT2D eigenvalue weighted by molar-refractivity contribution is 0.384. The van der Waals surface area contributed by atoms with Crippen LogP contribution in [0.2, 0.25) is 0 Å². The molecule has 152 valence electrons. The number of anilines is 1. The third-order valence-electron chi connectivity index (χ3n) is 5.92. The average molecular weight is 495 g/mol. The van der Waals surface area contributed by atoms with Crippen LogP contribution in [-0.4, -0.2) is 36.1 Å². The summed E-state index contributed by atoms with van der Waals surface area (Å²) < 4.78 is -0.453. The molecule has 0 saturated heterocycles. The lowest BCUT2D eigenvalue weighted by Gasteiger charge is -2.34. The minimum Gasteiger partial charge on any atom is -0.494 e. The third-order valence-corrected chi connectivity index (χ3v) is 9.33. The Bertz CT molecular complexity index is 1210. The highest BCUT2D eigenvalue weighted by Gasteiger charge is 2.78. The van der Waals surface area contributed by atoms with Gasteiger partial charge in [-0.25, -0.2) is 4.98 Å². The van der Waals surface area contributed by atoms with E-state index >= 15 is 0 Å². The number of benzene rings is 1. The summed E-state index contributed by atoms with van der Waals surface area (Å²) in [6.45, 7) is 1.63. The van der Waals surface area contributed by atoms with E-state index in [2.05, 4.69) is 15.3 Å². The molecule has 29 heavy (non-hydrogen) atoms. The molecule has 2 heterocycles. The van der Waals surface area contributed by atoms with Crippen molar-refractivity contribution in [1.29, 1.82) is 0 Å². The number of nitrogens with zero attached hydrogens (tertiary/aromatic N) is 2. The number of nitrogens with one attached hydrogen (secondary N) is 2. The van der Waals surface area contributed by atoms with E-state index in [0.29, 0.717) is 22.7 Å². The zero-order valence-electron chi connectivity index (χ0n) is 14.9. The monoisotopic (exact) mass is 492 g/mol. The van der Waals surface area contributed by atoms with Crippen molar-refractivity contribution in [2.24, 2.45) is 0 Å². The fourth-order valence-corrected chi connectivity index (χ4v) is 6.63. The average Bonchev–Trinajstić information content (AvgIpc) is 3.28. The lowest BCUT2D eigenvalue weighted by atomic mass is 9.85. The molecule has 2 aliphatic carbocycles. The van der Waals surface area contributed by atoms with Gasteiger partial charge in [-0.2, -0.15) is 0 Å². The predicted molar refractivity (Wildman–Crippen MR) is 116 cm³/mol. The van der Waals surface area contributed by atoms with Gasteiger partial charge in [0.2, 0.25) is 17.7 Å². The van der Waals surface area contributed by atoms with Gasteiger partial charge in [0.25, 0.3) is 0 Å². The molecular weight excluding hydrogens is 481 g/mol. The predicted octanol–water partition coefficient (Wildman–Crippen LogP) is 5.39. The summed E-state index contributed by atoms with van der Waals surface area (Å²) >= 11 is 32.9. The van der Waals surface area contributed by atoms with Gasteiger partial charge in [0.1, 0.15) is 4.87 Å². The van der Waals surface area contributed by atoms with Gasteiger partial charge in [-0.05, 0) is 25.1 Å². The highest BCUT2D eigenvalue weighted by atomic mass is 35.5. The van der Waals surface area contributed by atoms with E-state index < -0.39 is 14.6 Å². The fourth-order valence-electron chi connectivity index (χ4n) is 4.37. The van der Waals surface area contributed by atoms with Gasteiger partial charge < -0.3 is 20.5 Å². The van der Waals surface area contributed by atoms with Crippen LogP contribution in [0.15, 0.2) is 28.3 Å². The van der Waals surface area contributed by atoms with Crippen LogP contribution in [0.1, 0.15) is 18.1 Å². The first-order valence-electron chi connectivity index (χ1n) is 8.50. The molecule has 2 aliphatic rings. The first-order chi connectivity index (χ1) is 13.5. The summed E-state index contributed by atoms with van der Waals surface area (Å²) in [5.74, 6) is -0.0113. The van der Waals surface area contributed by atoms with E-state index in [9.17, 15) is 10.2 Å². The Morgan fingerprint density at radius 3 is 2.38 bits per heavy atom. The number of rotatable bonds is 2. The Morgan fingerprint density at radius 2 is 1.72 bits per heavy atom. The van der Waals surface area contributed by atoms with Crippen LogP contribution in [0.4, 0.5) is 5.95 Å². The SMILES string of the molecule is CNc1nc2ccc(-n3c(O)c4c(c3O)C3(Cl)C(Cl)=C(Cl)C4(C)C3(Cl)Cl)cc2[nH]1. The van der Waals surface area contributed by atoms with Crippen LogP contribution >= 0.6 is 58.0 Å². The van der Waals surface area contributed by atoms with Crippen molar-refractivity contribution in [3.05, 3.63) is 39.4 Å². The lowest BCUT2D eigenvalue weighted by Crippen LogP contribution is -2.41. The largest absolute Gasteiger partial charge is 0.494 e. The number of hydrogen-bond donors (Lipinski definition) is 4. The Labute approximate surface area is 190 Å². The molecule has 2 atom stereocenters. The highest BCUT2D eigenvalue weighted by Crippen LogP contribution is 2.78. The number of aromatic nitrogens is 3. The van der Waals surface area contributed by atoms with E-state index in [-0.39, 0.29) is 33.0 Å². The molecule has 0 radical (unpaired) electrons. The zero-order chi connectivity index (χ0) is 21.1. The van der Waals surface area contributed by atoms with Gasteiger partial charge in [0, 0.05) is 17.6 Å². The van der Waals surface area contributed by atoms with Crippen LogP contribution in [0, 0.1) is 0 Å². The number of aromatic hydroxyl groups is 2. The molecule has 0 aliphatic heterocycles. The molecule has 2 unspecified atom stereocenters. The smallest absolute Gasteiger partial charge is 0.204 e. The minimum absolute atomic E-state index is 0.0240. The van der Waals surface area contributed by atoms with E-state index in [1.54, 1.807) is 32.2 Å². The van der Waals surface area contributed by atoms with Gasteiger partial charge in [-0.1, -0.05) is 46.4 Å². The fraction of sp³-hybridized carbons (Fsp3) is 0.278. The van der Waals surface area contributed by atoms with Crippen molar-refractivity contribution < 1.29 is 10.2 Å². The van der Waals surface area contributed by atoms with Crippen molar-refractivity contribution in [2.75, 3.05) is 12.4 Å². The van der Waals surface area contributed by atoms with Crippen molar-refractivity contribution in [3.8, 4) is 17.4 Å². The van der Waals surface area contributed by atoms with E-state index in [1.165, 1.54) is 4.57 Å². The van der Waals surface area contributed by atoms with E-state index in [0.717, 1.165) is 0 Å². The quantitative estimate of drug-likeness (QED) is 0.360. The zero-order valence-corrected chi connectivity index (χ0v) is 18.7. The highest BCUT2D eigenvalue weighted by molar-refractivity contribution is 6.61. The van der Waals surface area contributed by atoms with Gasteiger partial charge in [-0.15, -0.1) is 11.6 Å². The number of imidazole rings is 1. The maximum atomic E-state index is 11.1. The second-order valence-corrected chi connectivity index (χ2v) is 9.91. The summed E-state index contributed by atoms with van der Waals surface area (Å²) in [5, 5.41) is 25.3. The maximum Gasteiger partial charge on any atom is 0.204 e. The molecule has 0 fully saturated rings. The molecule has 11 heteroatoms. The molecule has 5 rings (SSSR count). The first-order valence-corrected chi connectivity index (χ1v) is 10.4. The second kappa shape index (κ2) is 5.62. The molecule has 0 amide bonds. The molecule has 2 bridgehead atoms. The molecule has 1 aromatic carbocycles. The third kappa shape index (κ3) is 1.91. The molecule has 3 aromatic rings. The van der Waals surface area contributed by atoms with Crippen LogP contribution in [0.25, 0.3) is 16.7 Å². The number of fused-ring (bicyclic) bond motifs is 6. The standard InChI is InChI=1S/C18H13Cl5N4O2/c1-16-9-10(17(21,18(16,22)23)12(20)11(16)19)14(29)27(13(9)28)6-3-4-7-8(5-6)26-15(24-2)25-7/h3-5,28-29H,1-2H3,(H2,24,25,26). The number of aromatic amines is 1. The van der Waals surface area contributed by atoms with E-state index in [1.807, 2.05) is 0 Å². The normalized spacial score (nSPS) is 27.1. The molecule has 4 N–H and O–H groups in total. The summed E-state index contributed by atoms with van der Waals surface area (Å²) in [6.07, 6.45) is 0. The van der Waals surface area contributed by atoms with Crippen LogP contribution in [0.3, 0.4) is 0 Å².